The number of hydrogen-bond acceptors (Lipinski definition) is 4. The molecule has 4 nitrogen and oxygen atoms in total. The third kappa shape index (κ3) is 3.41. The molecule has 0 radical (unpaired) electrons. The van der Waals surface area contributed by atoms with Gasteiger partial charge >= 0.3 is 0 Å². The highest BCUT2D eigenvalue weighted by Crippen LogP contribution is 2.18. The van der Waals surface area contributed by atoms with Crippen molar-refractivity contribution in [3.05, 3.63) is 0 Å². The zero-order valence-corrected chi connectivity index (χ0v) is 9.45. The van der Waals surface area contributed by atoms with Crippen LogP contribution in [0.5, 0.6) is 0 Å². The Bertz CT molecular complexity index is 177. The van der Waals surface area contributed by atoms with E-state index >= 15 is 0 Å². The van der Waals surface area contributed by atoms with Crippen LogP contribution < -0.4 is 11.1 Å². The first-order valence-corrected chi connectivity index (χ1v) is 6.12. The molecule has 1 unspecified atom stereocenters. The summed E-state index contributed by atoms with van der Waals surface area (Å²) in [4.78, 5) is 2.48. The molecule has 2 aliphatic rings. The predicted molar refractivity (Wildman–Crippen MR) is 60.8 cm³/mol. The molecule has 0 aromatic carbocycles. The molecule has 0 aromatic heterocycles. The van der Waals surface area contributed by atoms with Crippen molar-refractivity contribution in [1.82, 2.24) is 10.2 Å². The van der Waals surface area contributed by atoms with Crippen LogP contribution in [0.25, 0.3) is 0 Å². The van der Waals surface area contributed by atoms with E-state index < -0.39 is 0 Å². The van der Waals surface area contributed by atoms with E-state index in [4.69, 9.17) is 10.5 Å². The molecule has 2 aliphatic heterocycles. The minimum atomic E-state index is 0.340. The average Bonchev–Trinajstić information content (AvgIpc) is 2.31. The molecular weight excluding hydrogens is 190 g/mol. The molecule has 4 heteroatoms. The molecule has 1 atom stereocenters. The molecule has 0 aliphatic carbocycles. The van der Waals surface area contributed by atoms with Crippen LogP contribution in [-0.2, 0) is 4.74 Å². The van der Waals surface area contributed by atoms with Gasteiger partial charge < -0.3 is 15.8 Å². The monoisotopic (exact) mass is 213 g/mol. The Morgan fingerprint density at radius 2 is 1.93 bits per heavy atom. The molecule has 0 spiro atoms. The lowest BCUT2D eigenvalue weighted by Crippen LogP contribution is -2.50. The molecule has 15 heavy (non-hydrogen) atoms. The normalized spacial score (nSPS) is 27.8. The molecule has 88 valence electrons. The maximum atomic E-state index is 6.26. The number of piperazine rings is 1. The minimum absolute atomic E-state index is 0.340. The Morgan fingerprint density at radius 1 is 1.27 bits per heavy atom. The molecule has 2 rings (SSSR count). The highest BCUT2D eigenvalue weighted by Gasteiger charge is 2.23. The molecular formula is C11H23N3O. The third-order valence-electron chi connectivity index (χ3n) is 3.55. The van der Waals surface area contributed by atoms with Gasteiger partial charge in [-0.1, -0.05) is 0 Å². The van der Waals surface area contributed by atoms with Crippen LogP contribution in [-0.4, -0.2) is 56.9 Å². The fourth-order valence-electron chi connectivity index (χ4n) is 2.48. The summed E-state index contributed by atoms with van der Waals surface area (Å²) in [7, 11) is 0. The highest BCUT2D eigenvalue weighted by atomic mass is 16.5. The fourth-order valence-corrected chi connectivity index (χ4v) is 2.48. The first-order valence-electron chi connectivity index (χ1n) is 6.12. The van der Waals surface area contributed by atoms with E-state index in [1.54, 1.807) is 0 Å². The smallest absolute Gasteiger partial charge is 0.0469 e. The molecule has 2 fully saturated rings. The van der Waals surface area contributed by atoms with E-state index in [1.165, 1.54) is 0 Å². The SMILES string of the molecule is NC(CN1CCNCC1)C1CCOCC1. The fraction of sp³-hybridized carbons (Fsp3) is 1.00. The van der Waals surface area contributed by atoms with Crippen LogP contribution in [0.15, 0.2) is 0 Å². The van der Waals surface area contributed by atoms with Crippen molar-refractivity contribution in [2.24, 2.45) is 11.7 Å². The Labute approximate surface area is 92.1 Å². The minimum Gasteiger partial charge on any atom is -0.381 e. The molecule has 2 saturated heterocycles. The summed E-state index contributed by atoms with van der Waals surface area (Å²) in [5.74, 6) is 0.675. The van der Waals surface area contributed by atoms with Crippen LogP contribution in [0.3, 0.4) is 0 Å². The number of rotatable bonds is 3. The first-order chi connectivity index (χ1) is 7.36. The zero-order valence-electron chi connectivity index (χ0n) is 9.45. The summed E-state index contributed by atoms with van der Waals surface area (Å²) < 4.78 is 5.36. The van der Waals surface area contributed by atoms with Gasteiger partial charge in [-0.25, -0.2) is 0 Å². The van der Waals surface area contributed by atoms with E-state index in [2.05, 4.69) is 10.2 Å². The van der Waals surface area contributed by atoms with Crippen molar-refractivity contribution >= 4 is 0 Å². The molecule has 0 saturated carbocycles. The number of ether oxygens (including phenoxy) is 1. The van der Waals surface area contributed by atoms with Crippen molar-refractivity contribution in [3.8, 4) is 0 Å². The van der Waals surface area contributed by atoms with Gasteiger partial charge in [-0.15, -0.1) is 0 Å². The van der Waals surface area contributed by atoms with Gasteiger partial charge in [0.1, 0.15) is 0 Å². The summed E-state index contributed by atoms with van der Waals surface area (Å²) in [5.41, 5.74) is 6.26. The predicted octanol–water partition coefficient (Wildman–Crippen LogP) is -0.354. The number of nitrogens with zero attached hydrogens (tertiary/aromatic N) is 1. The van der Waals surface area contributed by atoms with Gasteiger partial charge in [0.05, 0.1) is 0 Å². The summed E-state index contributed by atoms with van der Waals surface area (Å²) >= 11 is 0. The van der Waals surface area contributed by atoms with Crippen LogP contribution in [0.4, 0.5) is 0 Å². The van der Waals surface area contributed by atoms with E-state index in [9.17, 15) is 0 Å². The van der Waals surface area contributed by atoms with Crippen molar-refractivity contribution in [3.63, 3.8) is 0 Å². The molecule has 0 bridgehead atoms. The van der Waals surface area contributed by atoms with Crippen molar-refractivity contribution in [2.75, 3.05) is 45.9 Å². The largest absolute Gasteiger partial charge is 0.381 e. The maximum Gasteiger partial charge on any atom is 0.0469 e. The van der Waals surface area contributed by atoms with Crippen molar-refractivity contribution in [1.29, 1.82) is 0 Å². The van der Waals surface area contributed by atoms with Gasteiger partial charge in [0, 0.05) is 52.0 Å². The standard InChI is InChI=1S/C11H23N3O/c12-11(10-1-7-15-8-2-10)9-14-5-3-13-4-6-14/h10-11,13H,1-9,12H2. The van der Waals surface area contributed by atoms with Gasteiger partial charge in [0.15, 0.2) is 0 Å². The second kappa shape index (κ2) is 5.80. The van der Waals surface area contributed by atoms with Crippen LogP contribution in [0, 0.1) is 5.92 Å². The van der Waals surface area contributed by atoms with E-state index in [0.29, 0.717) is 12.0 Å². The van der Waals surface area contributed by atoms with Crippen LogP contribution in [0.1, 0.15) is 12.8 Å². The Hall–Kier alpha value is -0.160. The van der Waals surface area contributed by atoms with Gasteiger partial charge in [0.2, 0.25) is 0 Å². The second-order valence-corrected chi connectivity index (χ2v) is 4.66. The lowest BCUT2D eigenvalue weighted by Gasteiger charge is -2.34. The molecule has 0 amide bonds. The number of nitrogens with two attached hydrogens (primary N) is 1. The Morgan fingerprint density at radius 3 is 2.60 bits per heavy atom. The lowest BCUT2D eigenvalue weighted by molar-refractivity contribution is 0.0525. The Balaban J connectivity index is 1.72. The number of nitrogens with one attached hydrogen (secondary N) is 1. The summed E-state index contributed by atoms with van der Waals surface area (Å²) in [6, 6.07) is 0.340. The molecule has 2 heterocycles. The maximum absolute atomic E-state index is 6.26. The van der Waals surface area contributed by atoms with Gasteiger partial charge in [-0.05, 0) is 18.8 Å². The van der Waals surface area contributed by atoms with Crippen molar-refractivity contribution in [2.45, 2.75) is 18.9 Å². The molecule has 3 N–H and O–H groups in total. The Kier molecular flexibility index (Phi) is 4.38. The lowest BCUT2D eigenvalue weighted by atomic mass is 9.92. The highest BCUT2D eigenvalue weighted by molar-refractivity contribution is 4.80. The summed E-state index contributed by atoms with van der Waals surface area (Å²) in [5, 5.41) is 3.37. The zero-order chi connectivity index (χ0) is 10.5. The van der Waals surface area contributed by atoms with Gasteiger partial charge in [-0.2, -0.15) is 0 Å². The first kappa shape index (κ1) is 11.3. The topological polar surface area (TPSA) is 50.5 Å². The molecule has 0 aromatic rings. The quantitative estimate of drug-likeness (QED) is 0.672. The van der Waals surface area contributed by atoms with E-state index in [-0.39, 0.29) is 0 Å². The average molecular weight is 213 g/mol. The summed E-state index contributed by atoms with van der Waals surface area (Å²) in [6.07, 6.45) is 2.29. The van der Waals surface area contributed by atoms with Gasteiger partial charge in [0.25, 0.3) is 0 Å². The number of hydrogen-bond donors (Lipinski definition) is 2. The second-order valence-electron chi connectivity index (χ2n) is 4.66. The van der Waals surface area contributed by atoms with Gasteiger partial charge in [-0.3, -0.25) is 4.90 Å². The van der Waals surface area contributed by atoms with Crippen LogP contribution >= 0.6 is 0 Å². The third-order valence-corrected chi connectivity index (χ3v) is 3.55. The van der Waals surface area contributed by atoms with E-state index in [1.807, 2.05) is 0 Å². The van der Waals surface area contributed by atoms with Crippen molar-refractivity contribution < 1.29 is 4.74 Å². The van der Waals surface area contributed by atoms with Crippen LogP contribution in [0.2, 0.25) is 0 Å². The summed E-state index contributed by atoms with van der Waals surface area (Å²) in [6.45, 7) is 7.39. The van der Waals surface area contributed by atoms with E-state index in [0.717, 1.165) is 58.8 Å².